The van der Waals surface area contributed by atoms with Crippen molar-refractivity contribution in [2.75, 3.05) is 13.2 Å². The van der Waals surface area contributed by atoms with Gasteiger partial charge < -0.3 is 14.2 Å². The second kappa shape index (κ2) is 50.7. The first-order valence-corrected chi connectivity index (χ1v) is 24.7. The zero-order valence-corrected chi connectivity index (χ0v) is 40.2. The van der Waals surface area contributed by atoms with Gasteiger partial charge in [-0.2, -0.15) is 0 Å². The van der Waals surface area contributed by atoms with Crippen molar-refractivity contribution in [3.05, 3.63) is 158 Å². The number of esters is 3. The largest absolute Gasteiger partial charge is 0.462 e. The fourth-order valence-corrected chi connectivity index (χ4v) is 5.92. The lowest BCUT2D eigenvalue weighted by Crippen LogP contribution is -2.30. The van der Waals surface area contributed by atoms with Gasteiger partial charge in [0.15, 0.2) is 6.10 Å². The van der Waals surface area contributed by atoms with Gasteiger partial charge in [0.1, 0.15) is 13.2 Å². The Kier molecular flexibility index (Phi) is 46.7. The third-order valence-electron chi connectivity index (χ3n) is 9.57. The van der Waals surface area contributed by atoms with E-state index in [-0.39, 0.29) is 50.4 Å². The summed E-state index contributed by atoms with van der Waals surface area (Å²) in [7, 11) is 0. The second-order valence-electron chi connectivity index (χ2n) is 15.6. The van der Waals surface area contributed by atoms with E-state index in [0.29, 0.717) is 12.8 Å². The predicted octanol–water partition coefficient (Wildman–Crippen LogP) is 16.2. The number of carbonyl (C=O) groups is 3. The molecular formula is C58H86O6. The minimum Gasteiger partial charge on any atom is -0.462 e. The summed E-state index contributed by atoms with van der Waals surface area (Å²) < 4.78 is 16.6. The summed E-state index contributed by atoms with van der Waals surface area (Å²) in [4.78, 5) is 37.9. The lowest BCUT2D eigenvalue weighted by Gasteiger charge is -2.18. The standard InChI is InChI=1S/C58H86O6/c1-4-7-10-13-16-19-22-25-27-28-29-30-31-34-36-39-42-45-48-51-57(60)63-54-55(53-62-56(59)50-47-44-41-38-35-32-24-21-18-15-12-9-6-3)64-58(61)52-49-46-43-40-37-33-26-23-20-17-14-11-8-5-2/h7,9-10,12-13,15-16,18-19,21-22,24-25,27-38,41,55H,4-6,8,11,14,17,20,23,26,39-40,42-54H2,1-3H3/b10-7-,12-9-,16-13-,18-15-,22-19-,24-21-,27-25-,29-28+,31-30-,35-32-,36-34-,37-33-,41-38-. The van der Waals surface area contributed by atoms with Crippen LogP contribution in [0.3, 0.4) is 0 Å². The van der Waals surface area contributed by atoms with Crippen LogP contribution in [0.2, 0.25) is 0 Å². The fraction of sp³-hybridized carbons (Fsp3) is 0.500. The molecule has 0 aromatic carbocycles. The molecule has 6 heteroatoms. The average Bonchev–Trinajstić information content (AvgIpc) is 3.29. The normalized spacial score (nSPS) is 13.5. The molecule has 354 valence electrons. The summed E-state index contributed by atoms with van der Waals surface area (Å²) >= 11 is 0. The minimum atomic E-state index is -0.841. The van der Waals surface area contributed by atoms with E-state index in [4.69, 9.17) is 14.2 Å². The summed E-state index contributed by atoms with van der Waals surface area (Å²) in [5.41, 5.74) is 0. The van der Waals surface area contributed by atoms with Gasteiger partial charge in [0.25, 0.3) is 0 Å². The van der Waals surface area contributed by atoms with Crippen molar-refractivity contribution in [3.63, 3.8) is 0 Å². The van der Waals surface area contributed by atoms with E-state index >= 15 is 0 Å². The molecule has 0 aliphatic carbocycles. The van der Waals surface area contributed by atoms with Crippen molar-refractivity contribution in [2.45, 2.75) is 175 Å². The van der Waals surface area contributed by atoms with Crippen LogP contribution in [0.15, 0.2) is 158 Å². The molecule has 0 aromatic rings. The first-order valence-electron chi connectivity index (χ1n) is 24.7. The van der Waals surface area contributed by atoms with Crippen LogP contribution in [0.25, 0.3) is 0 Å². The van der Waals surface area contributed by atoms with Crippen LogP contribution in [0.1, 0.15) is 168 Å². The van der Waals surface area contributed by atoms with Crippen LogP contribution in [0, 0.1) is 0 Å². The molecule has 0 saturated heterocycles. The van der Waals surface area contributed by atoms with E-state index in [1.54, 1.807) is 0 Å². The molecule has 6 nitrogen and oxygen atoms in total. The fourth-order valence-electron chi connectivity index (χ4n) is 5.92. The number of unbranched alkanes of at least 4 members (excludes halogenated alkanes) is 14. The highest BCUT2D eigenvalue weighted by atomic mass is 16.6. The smallest absolute Gasteiger partial charge is 0.306 e. The molecule has 0 spiro atoms. The highest BCUT2D eigenvalue weighted by Gasteiger charge is 2.19. The van der Waals surface area contributed by atoms with Crippen molar-refractivity contribution in [3.8, 4) is 0 Å². The Bertz CT molecular complexity index is 1520. The molecule has 0 saturated carbocycles. The first kappa shape index (κ1) is 59.0. The Morgan fingerprint density at radius 1 is 0.328 bits per heavy atom. The lowest BCUT2D eigenvalue weighted by molar-refractivity contribution is -0.167. The summed E-state index contributed by atoms with van der Waals surface area (Å²) in [5, 5.41) is 0. The van der Waals surface area contributed by atoms with Crippen LogP contribution in [0.5, 0.6) is 0 Å². The van der Waals surface area contributed by atoms with Crippen molar-refractivity contribution < 1.29 is 28.6 Å². The number of hydrogen-bond donors (Lipinski definition) is 0. The van der Waals surface area contributed by atoms with E-state index < -0.39 is 6.10 Å². The molecule has 0 rings (SSSR count). The van der Waals surface area contributed by atoms with Crippen LogP contribution < -0.4 is 0 Å². The summed E-state index contributed by atoms with van der Waals surface area (Å²) in [6.45, 7) is 6.19. The Hall–Kier alpha value is -4.97. The molecule has 0 aromatic heterocycles. The van der Waals surface area contributed by atoms with Crippen LogP contribution in [-0.4, -0.2) is 37.2 Å². The van der Waals surface area contributed by atoms with Crippen molar-refractivity contribution in [2.24, 2.45) is 0 Å². The van der Waals surface area contributed by atoms with Crippen LogP contribution >= 0.6 is 0 Å². The number of ether oxygens (including phenoxy) is 3. The van der Waals surface area contributed by atoms with Crippen molar-refractivity contribution in [1.29, 1.82) is 0 Å². The number of rotatable bonds is 41. The lowest BCUT2D eigenvalue weighted by atomic mass is 10.1. The molecule has 1 atom stereocenters. The van der Waals surface area contributed by atoms with Crippen LogP contribution in [0.4, 0.5) is 0 Å². The summed E-state index contributed by atoms with van der Waals surface area (Å²) in [6.07, 6.45) is 73.7. The third-order valence-corrected chi connectivity index (χ3v) is 9.57. The molecule has 0 aliphatic rings. The van der Waals surface area contributed by atoms with E-state index in [2.05, 4.69) is 51.2 Å². The minimum absolute atomic E-state index is 0.138. The van der Waals surface area contributed by atoms with Gasteiger partial charge in [-0.1, -0.05) is 230 Å². The van der Waals surface area contributed by atoms with Gasteiger partial charge in [-0.15, -0.1) is 0 Å². The Morgan fingerprint density at radius 2 is 0.641 bits per heavy atom. The first-order chi connectivity index (χ1) is 31.5. The van der Waals surface area contributed by atoms with Gasteiger partial charge in [0, 0.05) is 19.3 Å². The molecule has 0 radical (unpaired) electrons. The molecule has 0 heterocycles. The number of allylic oxidation sites excluding steroid dienone is 26. The van der Waals surface area contributed by atoms with Gasteiger partial charge in [0.2, 0.25) is 0 Å². The molecule has 0 bridgehead atoms. The highest BCUT2D eigenvalue weighted by molar-refractivity contribution is 5.71. The van der Waals surface area contributed by atoms with Crippen LogP contribution in [-0.2, 0) is 28.6 Å². The van der Waals surface area contributed by atoms with Gasteiger partial charge in [-0.3, -0.25) is 14.4 Å². The third kappa shape index (κ3) is 48.1. The van der Waals surface area contributed by atoms with Gasteiger partial charge in [0.05, 0.1) is 0 Å². The van der Waals surface area contributed by atoms with E-state index in [1.165, 1.54) is 44.9 Å². The molecule has 0 fully saturated rings. The molecular weight excluding hydrogens is 793 g/mol. The average molecular weight is 879 g/mol. The molecule has 1 unspecified atom stereocenters. The number of carbonyl (C=O) groups excluding carboxylic acids is 3. The van der Waals surface area contributed by atoms with E-state index in [9.17, 15) is 14.4 Å². The predicted molar refractivity (Wildman–Crippen MR) is 274 cm³/mol. The Balaban J connectivity index is 4.64. The monoisotopic (exact) mass is 879 g/mol. The highest BCUT2D eigenvalue weighted by Crippen LogP contribution is 2.12. The van der Waals surface area contributed by atoms with Crippen molar-refractivity contribution >= 4 is 17.9 Å². The molecule has 64 heavy (non-hydrogen) atoms. The van der Waals surface area contributed by atoms with Gasteiger partial charge in [-0.05, 0) is 77.0 Å². The second-order valence-corrected chi connectivity index (χ2v) is 15.6. The van der Waals surface area contributed by atoms with E-state index in [0.717, 1.165) is 70.6 Å². The number of hydrogen-bond acceptors (Lipinski definition) is 6. The maximum absolute atomic E-state index is 12.8. The quantitative estimate of drug-likeness (QED) is 0.0200. The summed E-state index contributed by atoms with van der Waals surface area (Å²) in [5.74, 6) is -1.09. The Morgan fingerprint density at radius 3 is 1.06 bits per heavy atom. The zero-order valence-electron chi connectivity index (χ0n) is 40.2. The van der Waals surface area contributed by atoms with E-state index in [1.807, 2.05) is 128 Å². The van der Waals surface area contributed by atoms with Gasteiger partial charge >= 0.3 is 17.9 Å². The summed E-state index contributed by atoms with van der Waals surface area (Å²) in [6, 6.07) is 0. The molecule has 0 aliphatic heterocycles. The maximum atomic E-state index is 12.8. The van der Waals surface area contributed by atoms with Crippen molar-refractivity contribution in [1.82, 2.24) is 0 Å². The van der Waals surface area contributed by atoms with Gasteiger partial charge in [-0.25, -0.2) is 0 Å². The molecule has 0 amide bonds. The zero-order chi connectivity index (χ0) is 46.5. The SMILES string of the molecule is CC\C=C/C=C\C=C/C=C\C=C/CCCC(=O)OCC(COC(=O)CCCCC\C=C/C=C\C=C\C=C/C=C\C=C/C=C\CC)OC(=O)CCCCC/C=C\CCCCCCCCC. The molecule has 0 N–H and O–H groups in total. The maximum Gasteiger partial charge on any atom is 0.306 e. The Labute approximate surface area is 390 Å². The topological polar surface area (TPSA) is 78.9 Å².